The number of aliphatic hydroxyl groups excluding tert-OH is 1. The first-order valence-corrected chi connectivity index (χ1v) is 6.15. The molecule has 1 unspecified atom stereocenters. The molecule has 0 aromatic heterocycles. The summed E-state index contributed by atoms with van der Waals surface area (Å²) in [5.41, 5.74) is 0.698. The van der Waals surface area contributed by atoms with E-state index in [2.05, 4.69) is 27.2 Å². The third-order valence-electron chi connectivity index (χ3n) is 2.23. The van der Waals surface area contributed by atoms with Crippen molar-refractivity contribution in [2.45, 2.75) is 19.6 Å². The van der Waals surface area contributed by atoms with Gasteiger partial charge in [-0.2, -0.15) is 0 Å². The summed E-state index contributed by atoms with van der Waals surface area (Å²) in [4.78, 5) is 11.5. The van der Waals surface area contributed by atoms with Crippen molar-refractivity contribution in [3.05, 3.63) is 28.2 Å². The van der Waals surface area contributed by atoms with Crippen LogP contribution in [-0.4, -0.2) is 23.7 Å². The van der Waals surface area contributed by atoms with E-state index in [-0.39, 0.29) is 19.1 Å². The summed E-state index contributed by atoms with van der Waals surface area (Å²) in [7, 11) is 0. The number of rotatable bonds is 5. The number of ether oxygens (including phenoxy) is 1. The van der Waals surface area contributed by atoms with Crippen molar-refractivity contribution in [1.82, 2.24) is 5.32 Å². The number of terminal acetylenes is 1. The lowest BCUT2D eigenvalue weighted by Gasteiger charge is -2.14. The van der Waals surface area contributed by atoms with Crippen LogP contribution in [0.2, 0.25) is 0 Å². The van der Waals surface area contributed by atoms with E-state index in [4.69, 9.17) is 16.3 Å². The summed E-state index contributed by atoms with van der Waals surface area (Å²) in [6.45, 7) is 1.71. The van der Waals surface area contributed by atoms with Crippen LogP contribution in [0.4, 0.5) is 0 Å². The van der Waals surface area contributed by atoms with Crippen molar-refractivity contribution < 1.29 is 14.6 Å². The van der Waals surface area contributed by atoms with Gasteiger partial charge in [-0.3, -0.25) is 4.79 Å². The van der Waals surface area contributed by atoms with E-state index in [1.807, 2.05) is 0 Å². The lowest BCUT2D eigenvalue weighted by atomic mass is 10.2. The van der Waals surface area contributed by atoms with Gasteiger partial charge in [0.1, 0.15) is 5.75 Å². The highest BCUT2D eigenvalue weighted by atomic mass is 79.9. The zero-order valence-corrected chi connectivity index (χ0v) is 11.5. The maximum atomic E-state index is 11.5. The van der Waals surface area contributed by atoms with Gasteiger partial charge >= 0.3 is 0 Å². The molecule has 0 saturated carbocycles. The van der Waals surface area contributed by atoms with Crippen molar-refractivity contribution in [2.75, 3.05) is 6.54 Å². The van der Waals surface area contributed by atoms with Crippen LogP contribution in [0.3, 0.4) is 0 Å². The second-order valence-electron chi connectivity index (χ2n) is 3.59. The average molecular weight is 312 g/mol. The predicted octanol–water partition coefficient (Wildman–Crippen LogP) is 1.46. The fourth-order valence-corrected chi connectivity index (χ4v) is 1.66. The van der Waals surface area contributed by atoms with Crippen LogP contribution in [0.25, 0.3) is 0 Å². The number of nitrogens with one attached hydrogen (secondary N) is 1. The number of carbonyl (C=O) groups is 1. The van der Waals surface area contributed by atoms with Crippen LogP contribution in [-0.2, 0) is 11.4 Å². The highest BCUT2D eigenvalue weighted by Crippen LogP contribution is 2.23. The Morgan fingerprint density at radius 1 is 1.67 bits per heavy atom. The van der Waals surface area contributed by atoms with E-state index < -0.39 is 6.10 Å². The number of aliphatic hydroxyl groups is 1. The Hall–Kier alpha value is -1.51. The lowest BCUT2D eigenvalue weighted by molar-refractivity contribution is -0.126. The van der Waals surface area contributed by atoms with Crippen molar-refractivity contribution in [2.24, 2.45) is 0 Å². The first-order valence-electron chi connectivity index (χ1n) is 5.35. The molecule has 4 nitrogen and oxygen atoms in total. The van der Waals surface area contributed by atoms with Crippen molar-refractivity contribution >= 4 is 21.8 Å². The van der Waals surface area contributed by atoms with Gasteiger partial charge in [-0.1, -0.05) is 21.9 Å². The molecule has 1 aromatic carbocycles. The topological polar surface area (TPSA) is 58.6 Å². The Kier molecular flexibility index (Phi) is 5.69. The Morgan fingerprint density at radius 3 is 3.00 bits per heavy atom. The molecule has 1 amide bonds. The van der Waals surface area contributed by atoms with Crippen molar-refractivity contribution in [1.29, 1.82) is 0 Å². The van der Waals surface area contributed by atoms with Gasteiger partial charge in [0, 0.05) is 4.47 Å². The zero-order chi connectivity index (χ0) is 13.5. The summed E-state index contributed by atoms with van der Waals surface area (Å²) < 4.78 is 6.25. The summed E-state index contributed by atoms with van der Waals surface area (Å²) in [5, 5.41) is 11.6. The maximum absolute atomic E-state index is 11.5. The van der Waals surface area contributed by atoms with Crippen LogP contribution in [0.1, 0.15) is 12.5 Å². The fourth-order valence-electron chi connectivity index (χ4n) is 1.29. The molecule has 0 bridgehead atoms. The van der Waals surface area contributed by atoms with Gasteiger partial charge in [-0.05, 0) is 30.7 Å². The first kappa shape index (κ1) is 14.6. The van der Waals surface area contributed by atoms with Crippen LogP contribution in [0, 0.1) is 12.3 Å². The largest absolute Gasteiger partial charge is 0.481 e. The van der Waals surface area contributed by atoms with E-state index in [0.29, 0.717) is 11.3 Å². The number of carbonyl (C=O) groups excluding carboxylic acids is 1. The van der Waals surface area contributed by atoms with Crippen LogP contribution in [0.15, 0.2) is 22.7 Å². The summed E-state index contributed by atoms with van der Waals surface area (Å²) >= 11 is 3.30. The Labute approximate surface area is 114 Å². The third kappa shape index (κ3) is 4.06. The maximum Gasteiger partial charge on any atom is 0.261 e. The minimum Gasteiger partial charge on any atom is -0.481 e. The minimum atomic E-state index is -0.647. The first-order chi connectivity index (χ1) is 8.58. The molecule has 0 aliphatic rings. The quantitative estimate of drug-likeness (QED) is 0.809. The normalized spacial score (nSPS) is 11.4. The SMILES string of the molecule is C#CCNC(=O)C(C)Oc1ccc(Br)c(CO)c1. The van der Waals surface area contributed by atoms with Gasteiger partial charge in [0.25, 0.3) is 5.91 Å². The second-order valence-corrected chi connectivity index (χ2v) is 4.45. The van der Waals surface area contributed by atoms with E-state index in [1.54, 1.807) is 25.1 Å². The molecule has 18 heavy (non-hydrogen) atoms. The molecular weight excluding hydrogens is 298 g/mol. The van der Waals surface area contributed by atoms with Gasteiger partial charge in [0.15, 0.2) is 6.10 Å². The summed E-state index contributed by atoms with van der Waals surface area (Å²) in [6, 6.07) is 5.15. The Bertz CT molecular complexity index is 468. The molecule has 5 heteroatoms. The monoisotopic (exact) mass is 311 g/mol. The number of hydrogen-bond acceptors (Lipinski definition) is 3. The number of amides is 1. The second kappa shape index (κ2) is 7.04. The van der Waals surface area contributed by atoms with E-state index in [0.717, 1.165) is 4.47 Å². The minimum absolute atomic E-state index is 0.102. The van der Waals surface area contributed by atoms with Gasteiger partial charge in [-0.15, -0.1) is 6.42 Å². The number of benzene rings is 1. The fraction of sp³-hybridized carbons (Fsp3) is 0.308. The van der Waals surface area contributed by atoms with Gasteiger partial charge in [0.05, 0.1) is 13.2 Å². The molecule has 1 rings (SSSR count). The molecule has 0 heterocycles. The molecule has 1 aromatic rings. The molecular formula is C13H14BrNO3. The molecule has 0 aliphatic heterocycles. The van der Waals surface area contributed by atoms with Crippen LogP contribution in [0.5, 0.6) is 5.75 Å². The third-order valence-corrected chi connectivity index (χ3v) is 3.01. The van der Waals surface area contributed by atoms with Gasteiger partial charge in [0.2, 0.25) is 0 Å². The van der Waals surface area contributed by atoms with E-state index in [9.17, 15) is 4.79 Å². The smallest absolute Gasteiger partial charge is 0.261 e. The van der Waals surface area contributed by atoms with Crippen molar-refractivity contribution in [3.8, 4) is 18.1 Å². The van der Waals surface area contributed by atoms with Gasteiger partial charge < -0.3 is 15.2 Å². The van der Waals surface area contributed by atoms with Crippen LogP contribution >= 0.6 is 15.9 Å². The molecule has 1 atom stereocenters. The molecule has 96 valence electrons. The Balaban J connectivity index is 2.67. The molecule has 2 N–H and O–H groups in total. The van der Waals surface area contributed by atoms with E-state index in [1.165, 1.54) is 0 Å². The summed E-state index contributed by atoms with van der Waals surface area (Å²) in [5.74, 6) is 2.56. The molecule has 0 saturated heterocycles. The molecule has 0 fully saturated rings. The molecule has 0 aliphatic carbocycles. The molecule has 0 radical (unpaired) electrons. The Morgan fingerprint density at radius 2 is 2.39 bits per heavy atom. The average Bonchev–Trinajstić information content (AvgIpc) is 2.37. The van der Waals surface area contributed by atoms with Crippen molar-refractivity contribution in [3.63, 3.8) is 0 Å². The highest BCUT2D eigenvalue weighted by molar-refractivity contribution is 9.10. The van der Waals surface area contributed by atoms with Gasteiger partial charge in [-0.25, -0.2) is 0 Å². The van der Waals surface area contributed by atoms with E-state index >= 15 is 0 Å². The standard InChI is InChI=1S/C13H14BrNO3/c1-3-6-15-13(17)9(2)18-11-4-5-12(14)10(7-11)8-16/h1,4-5,7,9,16H,6,8H2,2H3,(H,15,17). The zero-order valence-electron chi connectivity index (χ0n) is 9.94. The van der Waals surface area contributed by atoms with Crippen LogP contribution < -0.4 is 10.1 Å². The number of hydrogen-bond donors (Lipinski definition) is 2. The summed E-state index contributed by atoms with van der Waals surface area (Å²) in [6.07, 6.45) is 4.40. The highest BCUT2D eigenvalue weighted by Gasteiger charge is 2.14. The number of halogens is 1. The molecule has 0 spiro atoms. The lowest BCUT2D eigenvalue weighted by Crippen LogP contribution is -2.36. The predicted molar refractivity (Wildman–Crippen MR) is 72.0 cm³/mol.